The zero-order valence-electron chi connectivity index (χ0n) is 10.7. The predicted molar refractivity (Wildman–Crippen MR) is 70.8 cm³/mol. The highest BCUT2D eigenvalue weighted by Gasteiger charge is 2.14. The summed E-state index contributed by atoms with van der Waals surface area (Å²) >= 11 is 0. The van der Waals surface area contributed by atoms with Crippen LogP contribution in [-0.2, 0) is 0 Å². The van der Waals surface area contributed by atoms with E-state index >= 15 is 0 Å². The summed E-state index contributed by atoms with van der Waals surface area (Å²) in [6.45, 7) is 6.06. The van der Waals surface area contributed by atoms with E-state index in [4.69, 9.17) is 0 Å². The van der Waals surface area contributed by atoms with Crippen molar-refractivity contribution in [2.45, 2.75) is 20.8 Å². The van der Waals surface area contributed by atoms with Crippen LogP contribution in [0.2, 0.25) is 0 Å². The second kappa shape index (κ2) is 4.61. The summed E-state index contributed by atoms with van der Waals surface area (Å²) in [7, 11) is 0. The number of benzene rings is 1. The molecule has 1 heterocycles. The van der Waals surface area contributed by atoms with Gasteiger partial charge in [0.25, 0.3) is 0 Å². The first-order chi connectivity index (χ1) is 8.50. The van der Waals surface area contributed by atoms with Crippen LogP contribution in [0.25, 0.3) is 11.1 Å². The van der Waals surface area contributed by atoms with Crippen molar-refractivity contribution in [3.8, 4) is 11.1 Å². The molecule has 0 atom stereocenters. The topological polar surface area (TPSA) is 50.2 Å². The van der Waals surface area contributed by atoms with Gasteiger partial charge in [-0.1, -0.05) is 18.2 Å². The summed E-state index contributed by atoms with van der Waals surface area (Å²) in [4.78, 5) is 15.1. The molecule has 0 radical (unpaired) electrons. The normalized spacial score (nSPS) is 10.4. The summed E-state index contributed by atoms with van der Waals surface area (Å²) in [6.07, 6.45) is 1.50. The van der Waals surface area contributed by atoms with Crippen molar-refractivity contribution in [1.82, 2.24) is 4.98 Å². The number of hydrogen-bond acceptors (Lipinski definition) is 2. The lowest BCUT2D eigenvalue weighted by Gasteiger charge is -2.11. The largest absolute Gasteiger partial charge is 0.476 e. The molecule has 3 nitrogen and oxygen atoms in total. The van der Waals surface area contributed by atoms with Crippen LogP contribution in [0.5, 0.6) is 0 Å². The van der Waals surface area contributed by atoms with E-state index in [0.29, 0.717) is 5.56 Å². The van der Waals surface area contributed by atoms with Crippen molar-refractivity contribution < 1.29 is 9.90 Å². The number of carboxylic acid groups (broad SMARTS) is 1. The molecule has 0 unspecified atom stereocenters. The fraction of sp³-hybridized carbons (Fsp3) is 0.200. The van der Waals surface area contributed by atoms with Crippen molar-refractivity contribution in [2.24, 2.45) is 0 Å². The Labute approximate surface area is 106 Å². The highest BCUT2D eigenvalue weighted by Crippen LogP contribution is 2.28. The molecule has 92 valence electrons. The quantitative estimate of drug-likeness (QED) is 0.876. The van der Waals surface area contributed by atoms with Crippen LogP contribution in [0.3, 0.4) is 0 Å². The van der Waals surface area contributed by atoms with Crippen LogP contribution in [0.4, 0.5) is 0 Å². The van der Waals surface area contributed by atoms with Crippen LogP contribution in [0.15, 0.2) is 30.5 Å². The molecule has 0 fully saturated rings. The molecule has 2 rings (SSSR count). The van der Waals surface area contributed by atoms with E-state index < -0.39 is 5.97 Å². The van der Waals surface area contributed by atoms with E-state index in [1.807, 2.05) is 26.8 Å². The van der Waals surface area contributed by atoms with Gasteiger partial charge in [0.15, 0.2) is 5.69 Å². The van der Waals surface area contributed by atoms with Gasteiger partial charge in [0.05, 0.1) is 0 Å². The first-order valence-corrected chi connectivity index (χ1v) is 5.77. The molecule has 3 heteroatoms. The molecule has 1 N–H and O–H groups in total. The monoisotopic (exact) mass is 241 g/mol. The first-order valence-electron chi connectivity index (χ1n) is 5.77. The molecule has 1 aromatic carbocycles. The Hall–Kier alpha value is -2.16. The van der Waals surface area contributed by atoms with Gasteiger partial charge in [0, 0.05) is 11.8 Å². The second-order valence-electron chi connectivity index (χ2n) is 4.46. The van der Waals surface area contributed by atoms with Gasteiger partial charge in [-0.25, -0.2) is 9.78 Å². The number of hydrogen-bond donors (Lipinski definition) is 1. The molecule has 0 spiro atoms. The van der Waals surface area contributed by atoms with Crippen LogP contribution >= 0.6 is 0 Å². The Morgan fingerprint density at radius 1 is 1.06 bits per heavy atom. The van der Waals surface area contributed by atoms with Gasteiger partial charge in [-0.15, -0.1) is 0 Å². The van der Waals surface area contributed by atoms with Crippen molar-refractivity contribution in [2.75, 3.05) is 0 Å². The predicted octanol–water partition coefficient (Wildman–Crippen LogP) is 3.37. The van der Waals surface area contributed by atoms with Crippen molar-refractivity contribution in [3.05, 3.63) is 52.8 Å². The molecule has 0 aliphatic heterocycles. The number of carbonyl (C=O) groups is 1. The first kappa shape index (κ1) is 12.3. The minimum atomic E-state index is -0.997. The molecule has 0 aliphatic carbocycles. The molecule has 1 aromatic heterocycles. The Morgan fingerprint density at radius 3 is 2.39 bits per heavy atom. The number of aromatic nitrogens is 1. The average molecular weight is 241 g/mol. The van der Waals surface area contributed by atoms with E-state index in [9.17, 15) is 9.90 Å². The van der Waals surface area contributed by atoms with Gasteiger partial charge in [-0.3, -0.25) is 0 Å². The van der Waals surface area contributed by atoms with Gasteiger partial charge in [-0.05, 0) is 49.1 Å². The summed E-state index contributed by atoms with van der Waals surface area (Å²) in [5.74, 6) is -0.997. The Kier molecular flexibility index (Phi) is 3.15. The lowest BCUT2D eigenvalue weighted by molar-refractivity contribution is 0.0691. The third-order valence-electron chi connectivity index (χ3n) is 3.14. The number of aromatic carboxylic acids is 1. The number of carboxylic acids is 1. The fourth-order valence-corrected chi connectivity index (χ4v) is 2.04. The zero-order valence-corrected chi connectivity index (χ0v) is 10.7. The lowest BCUT2D eigenvalue weighted by Crippen LogP contribution is -2.03. The summed E-state index contributed by atoms with van der Waals surface area (Å²) in [6, 6.07) is 7.65. The number of pyridine rings is 1. The highest BCUT2D eigenvalue weighted by molar-refractivity contribution is 5.94. The van der Waals surface area contributed by atoms with E-state index in [2.05, 4.69) is 11.1 Å². The van der Waals surface area contributed by atoms with Crippen LogP contribution < -0.4 is 0 Å². The molecule has 18 heavy (non-hydrogen) atoms. The maximum absolute atomic E-state index is 11.2. The van der Waals surface area contributed by atoms with Crippen molar-refractivity contribution in [1.29, 1.82) is 0 Å². The number of nitrogens with zero attached hydrogens (tertiary/aromatic N) is 1. The van der Waals surface area contributed by atoms with E-state index in [1.54, 1.807) is 12.1 Å². The number of aryl methyl sites for hydroxylation is 3. The van der Waals surface area contributed by atoms with E-state index in [-0.39, 0.29) is 5.69 Å². The smallest absolute Gasteiger partial charge is 0.355 e. The molecule has 0 saturated carbocycles. The standard InChI is InChI=1S/C15H15NO2/c1-9-7-11(3)13(8-10(9)2)12-5-4-6-16-14(12)15(17)18/h4-8H,1-3H3,(H,17,18). The molecular formula is C15H15NO2. The zero-order chi connectivity index (χ0) is 13.3. The number of rotatable bonds is 2. The van der Waals surface area contributed by atoms with Crippen LogP contribution in [0, 0.1) is 20.8 Å². The van der Waals surface area contributed by atoms with Gasteiger partial charge in [-0.2, -0.15) is 0 Å². The maximum Gasteiger partial charge on any atom is 0.355 e. The van der Waals surface area contributed by atoms with E-state index in [0.717, 1.165) is 16.7 Å². The molecule has 0 aliphatic rings. The minimum Gasteiger partial charge on any atom is -0.476 e. The Morgan fingerprint density at radius 2 is 1.72 bits per heavy atom. The van der Waals surface area contributed by atoms with Crippen molar-refractivity contribution >= 4 is 5.97 Å². The summed E-state index contributed by atoms with van der Waals surface area (Å²) in [5, 5.41) is 9.18. The van der Waals surface area contributed by atoms with Crippen LogP contribution in [0.1, 0.15) is 27.2 Å². The molecule has 0 amide bonds. The Bertz CT molecular complexity index is 618. The minimum absolute atomic E-state index is 0.101. The fourth-order valence-electron chi connectivity index (χ4n) is 2.04. The van der Waals surface area contributed by atoms with Crippen molar-refractivity contribution in [3.63, 3.8) is 0 Å². The average Bonchev–Trinajstić information content (AvgIpc) is 2.34. The van der Waals surface area contributed by atoms with E-state index in [1.165, 1.54) is 11.8 Å². The van der Waals surface area contributed by atoms with Gasteiger partial charge < -0.3 is 5.11 Å². The van der Waals surface area contributed by atoms with Gasteiger partial charge in [0.2, 0.25) is 0 Å². The third-order valence-corrected chi connectivity index (χ3v) is 3.14. The molecule has 2 aromatic rings. The third kappa shape index (κ3) is 2.12. The lowest BCUT2D eigenvalue weighted by atomic mass is 9.94. The Balaban J connectivity index is 2.69. The summed E-state index contributed by atoms with van der Waals surface area (Å²) in [5.41, 5.74) is 5.12. The van der Waals surface area contributed by atoms with Gasteiger partial charge in [0.1, 0.15) is 0 Å². The second-order valence-corrected chi connectivity index (χ2v) is 4.46. The highest BCUT2D eigenvalue weighted by atomic mass is 16.4. The van der Waals surface area contributed by atoms with Gasteiger partial charge >= 0.3 is 5.97 Å². The maximum atomic E-state index is 11.2. The molecular weight excluding hydrogens is 226 g/mol. The molecule has 0 bridgehead atoms. The SMILES string of the molecule is Cc1cc(C)c(-c2cccnc2C(=O)O)cc1C. The summed E-state index contributed by atoms with van der Waals surface area (Å²) < 4.78 is 0. The van der Waals surface area contributed by atoms with Crippen LogP contribution in [-0.4, -0.2) is 16.1 Å². The molecule has 0 saturated heterocycles.